The average molecular weight is 408 g/mol. The number of ether oxygens (including phenoxy) is 3. The molecule has 1 aromatic heterocycles. The van der Waals surface area contributed by atoms with Crippen molar-refractivity contribution < 1.29 is 19.0 Å². The molecule has 1 aliphatic rings. The summed E-state index contributed by atoms with van der Waals surface area (Å²) in [4.78, 5) is 20.9. The Morgan fingerprint density at radius 1 is 1.30 bits per heavy atom. The fourth-order valence-electron chi connectivity index (χ4n) is 3.07. The number of benzene rings is 1. The average Bonchev–Trinajstić information content (AvgIpc) is 2.95. The van der Waals surface area contributed by atoms with Gasteiger partial charge in [-0.25, -0.2) is 9.78 Å². The molecule has 158 valence electrons. The molecule has 0 bridgehead atoms. The fourth-order valence-corrected chi connectivity index (χ4v) is 3.07. The zero-order valence-corrected chi connectivity index (χ0v) is 17.9. The number of carbonyl (C=O) groups is 1. The molecule has 2 heterocycles. The lowest BCUT2D eigenvalue weighted by Gasteiger charge is -2.12. The van der Waals surface area contributed by atoms with E-state index in [1.807, 2.05) is 31.2 Å². The van der Waals surface area contributed by atoms with E-state index in [2.05, 4.69) is 29.9 Å². The molecule has 1 aromatic carbocycles. The Hall–Kier alpha value is -3.15. The van der Waals surface area contributed by atoms with Crippen molar-refractivity contribution in [3.63, 3.8) is 0 Å². The molecule has 6 nitrogen and oxygen atoms in total. The topological polar surface area (TPSA) is 70.5 Å². The van der Waals surface area contributed by atoms with Crippen molar-refractivity contribution in [2.24, 2.45) is 5.92 Å². The van der Waals surface area contributed by atoms with E-state index in [1.54, 1.807) is 19.2 Å². The number of allylic oxidation sites excluding steroid dienone is 1. The molecular formula is C24H28N2O4. The highest BCUT2D eigenvalue weighted by Gasteiger charge is 2.22. The molecule has 2 unspecified atom stereocenters. The Kier molecular flexibility index (Phi) is 7.22. The summed E-state index contributed by atoms with van der Waals surface area (Å²) in [5.74, 6) is 2.12. The largest absolute Gasteiger partial charge is 0.463 e. The van der Waals surface area contributed by atoms with E-state index in [0.29, 0.717) is 42.0 Å². The van der Waals surface area contributed by atoms with Gasteiger partial charge in [-0.15, -0.1) is 0 Å². The highest BCUT2D eigenvalue weighted by molar-refractivity contribution is 5.89. The SMILES string of the molecule is CCOC(=O)C1=COC(c2nccc(Oc3cccc(C(C)CC)c3)n2)=CCC1C. The fraction of sp³-hybridized carbons (Fsp3) is 0.375. The van der Waals surface area contributed by atoms with Crippen LogP contribution < -0.4 is 4.74 Å². The van der Waals surface area contributed by atoms with Crippen LogP contribution in [0.4, 0.5) is 0 Å². The third kappa shape index (κ3) is 5.26. The van der Waals surface area contributed by atoms with Crippen LogP contribution in [0.3, 0.4) is 0 Å². The van der Waals surface area contributed by atoms with Gasteiger partial charge in [-0.2, -0.15) is 4.98 Å². The predicted molar refractivity (Wildman–Crippen MR) is 115 cm³/mol. The second-order valence-electron chi connectivity index (χ2n) is 7.32. The summed E-state index contributed by atoms with van der Waals surface area (Å²) in [6.07, 6.45) is 6.63. The highest BCUT2D eigenvalue weighted by atomic mass is 16.5. The third-order valence-electron chi connectivity index (χ3n) is 5.12. The molecule has 0 saturated carbocycles. The van der Waals surface area contributed by atoms with Gasteiger partial charge in [0.15, 0.2) is 11.6 Å². The van der Waals surface area contributed by atoms with Gasteiger partial charge < -0.3 is 14.2 Å². The zero-order valence-electron chi connectivity index (χ0n) is 17.9. The highest BCUT2D eigenvalue weighted by Crippen LogP contribution is 2.28. The monoisotopic (exact) mass is 408 g/mol. The molecule has 0 fully saturated rings. The number of rotatable bonds is 7. The van der Waals surface area contributed by atoms with E-state index in [0.717, 1.165) is 12.2 Å². The van der Waals surface area contributed by atoms with Crippen molar-refractivity contribution in [2.75, 3.05) is 6.61 Å². The Balaban J connectivity index is 1.78. The smallest absolute Gasteiger partial charge is 0.337 e. The number of nitrogens with zero attached hydrogens (tertiary/aromatic N) is 2. The van der Waals surface area contributed by atoms with Gasteiger partial charge in [0.05, 0.1) is 12.2 Å². The number of carbonyl (C=O) groups excluding carboxylic acids is 1. The van der Waals surface area contributed by atoms with E-state index in [1.165, 1.54) is 11.8 Å². The van der Waals surface area contributed by atoms with Crippen molar-refractivity contribution in [1.82, 2.24) is 9.97 Å². The maximum Gasteiger partial charge on any atom is 0.337 e. The first-order chi connectivity index (χ1) is 14.5. The lowest BCUT2D eigenvalue weighted by Crippen LogP contribution is -2.13. The molecule has 0 amide bonds. The minimum absolute atomic E-state index is 0.0238. The van der Waals surface area contributed by atoms with E-state index in [-0.39, 0.29) is 11.9 Å². The van der Waals surface area contributed by atoms with Crippen molar-refractivity contribution in [1.29, 1.82) is 0 Å². The van der Waals surface area contributed by atoms with Gasteiger partial charge in [-0.05, 0) is 55.4 Å². The molecule has 6 heteroatoms. The molecule has 2 atom stereocenters. The quantitative estimate of drug-likeness (QED) is 0.553. The van der Waals surface area contributed by atoms with Crippen LogP contribution in [0.5, 0.6) is 11.6 Å². The third-order valence-corrected chi connectivity index (χ3v) is 5.12. The van der Waals surface area contributed by atoms with Crippen LogP contribution >= 0.6 is 0 Å². The molecule has 30 heavy (non-hydrogen) atoms. The first-order valence-electron chi connectivity index (χ1n) is 10.4. The molecule has 0 spiro atoms. The van der Waals surface area contributed by atoms with Gasteiger partial charge in [0.25, 0.3) is 0 Å². The van der Waals surface area contributed by atoms with E-state index in [4.69, 9.17) is 14.2 Å². The first-order valence-corrected chi connectivity index (χ1v) is 10.4. The lowest BCUT2D eigenvalue weighted by molar-refractivity contribution is -0.139. The van der Waals surface area contributed by atoms with Crippen molar-refractivity contribution in [3.05, 3.63) is 65.8 Å². The van der Waals surface area contributed by atoms with E-state index < -0.39 is 0 Å². The van der Waals surface area contributed by atoms with Gasteiger partial charge in [0.1, 0.15) is 12.0 Å². The number of aromatic nitrogens is 2. The summed E-state index contributed by atoms with van der Waals surface area (Å²) in [5.41, 5.74) is 1.72. The van der Waals surface area contributed by atoms with Gasteiger partial charge in [-0.1, -0.05) is 32.9 Å². The van der Waals surface area contributed by atoms with Gasteiger partial charge in [-0.3, -0.25) is 0 Å². The first kappa shape index (κ1) is 21.6. The maximum atomic E-state index is 12.1. The Bertz CT molecular complexity index is 952. The van der Waals surface area contributed by atoms with Crippen molar-refractivity contribution in [3.8, 4) is 11.6 Å². The van der Waals surface area contributed by atoms with Crippen LogP contribution in [0.15, 0.2) is 54.4 Å². The lowest BCUT2D eigenvalue weighted by atomic mass is 9.99. The minimum Gasteiger partial charge on any atom is -0.463 e. The van der Waals surface area contributed by atoms with Crippen LogP contribution in [-0.4, -0.2) is 22.5 Å². The van der Waals surface area contributed by atoms with Gasteiger partial charge >= 0.3 is 5.97 Å². The Morgan fingerprint density at radius 2 is 2.13 bits per heavy atom. The summed E-state index contributed by atoms with van der Waals surface area (Å²) in [6, 6.07) is 9.74. The van der Waals surface area contributed by atoms with Crippen LogP contribution in [0, 0.1) is 5.92 Å². The molecule has 1 aliphatic heterocycles. The normalized spacial score (nSPS) is 17.1. The second kappa shape index (κ2) is 10.1. The molecule has 0 aliphatic carbocycles. The van der Waals surface area contributed by atoms with Gasteiger partial charge in [0, 0.05) is 12.3 Å². The summed E-state index contributed by atoms with van der Waals surface area (Å²) >= 11 is 0. The second-order valence-corrected chi connectivity index (χ2v) is 7.32. The molecule has 0 saturated heterocycles. The van der Waals surface area contributed by atoms with Crippen LogP contribution in [0.2, 0.25) is 0 Å². The van der Waals surface area contributed by atoms with Crippen molar-refractivity contribution >= 4 is 11.7 Å². The van der Waals surface area contributed by atoms with Crippen LogP contribution in [0.1, 0.15) is 57.8 Å². The van der Waals surface area contributed by atoms with Gasteiger partial charge in [0.2, 0.25) is 5.88 Å². The minimum atomic E-state index is -0.362. The molecular weight excluding hydrogens is 380 g/mol. The Morgan fingerprint density at radius 3 is 2.90 bits per heavy atom. The van der Waals surface area contributed by atoms with E-state index in [9.17, 15) is 4.79 Å². The summed E-state index contributed by atoms with van der Waals surface area (Å²) in [5, 5.41) is 0. The summed E-state index contributed by atoms with van der Waals surface area (Å²) in [7, 11) is 0. The maximum absolute atomic E-state index is 12.1. The number of hydrogen-bond donors (Lipinski definition) is 0. The van der Waals surface area contributed by atoms with E-state index >= 15 is 0 Å². The predicted octanol–water partition coefficient (Wildman–Crippen LogP) is 5.63. The number of hydrogen-bond acceptors (Lipinski definition) is 6. The Labute approximate surface area is 177 Å². The van der Waals surface area contributed by atoms with Crippen molar-refractivity contribution in [2.45, 2.75) is 46.5 Å². The zero-order chi connectivity index (χ0) is 21.5. The molecule has 0 radical (unpaired) electrons. The van der Waals surface area contributed by atoms with Crippen LogP contribution in [0.25, 0.3) is 5.76 Å². The molecule has 0 N–H and O–H groups in total. The molecule has 2 aromatic rings. The standard InChI is InChI=1S/C24H28N2O4/c1-5-16(3)18-8-7-9-19(14-18)30-22-12-13-25-23(26-22)21-11-10-17(4)20(15-29-21)24(27)28-6-2/h7-9,11-17H,5-6,10H2,1-4H3. The summed E-state index contributed by atoms with van der Waals surface area (Å²) < 4.78 is 16.8. The molecule has 3 rings (SSSR count). The summed E-state index contributed by atoms with van der Waals surface area (Å²) in [6.45, 7) is 8.41. The number of esters is 1. The van der Waals surface area contributed by atoms with Crippen LogP contribution in [-0.2, 0) is 14.3 Å².